The molecule has 0 radical (unpaired) electrons. The average Bonchev–Trinajstić information content (AvgIpc) is 3.10. The van der Waals surface area contributed by atoms with Gasteiger partial charge in [-0.05, 0) is 31.2 Å². The molecule has 24 heavy (non-hydrogen) atoms. The van der Waals surface area contributed by atoms with E-state index in [1.807, 2.05) is 31.2 Å². The monoisotopic (exact) mass is 326 g/mol. The van der Waals surface area contributed by atoms with E-state index in [9.17, 15) is 0 Å². The van der Waals surface area contributed by atoms with Gasteiger partial charge < -0.3 is 18.7 Å². The van der Waals surface area contributed by atoms with Gasteiger partial charge in [-0.2, -0.15) is 4.98 Å². The third-order valence-corrected chi connectivity index (χ3v) is 3.61. The number of aromatic nitrogens is 2. The molecule has 3 rings (SSSR count). The van der Waals surface area contributed by atoms with E-state index >= 15 is 0 Å². The molecular formula is C18H18N2O4. The van der Waals surface area contributed by atoms with Crippen molar-refractivity contribution < 1.29 is 18.7 Å². The third kappa shape index (κ3) is 2.90. The Hall–Kier alpha value is -3.02. The van der Waals surface area contributed by atoms with Crippen LogP contribution in [-0.2, 0) is 0 Å². The lowest BCUT2D eigenvalue weighted by molar-refractivity contribution is 0.324. The number of hydrogen-bond acceptors (Lipinski definition) is 6. The minimum Gasteiger partial charge on any atom is -0.493 e. The van der Waals surface area contributed by atoms with Gasteiger partial charge in [0.25, 0.3) is 5.89 Å². The number of benzene rings is 2. The lowest BCUT2D eigenvalue weighted by Gasteiger charge is -2.12. The minimum atomic E-state index is 0.450. The zero-order chi connectivity index (χ0) is 17.1. The van der Waals surface area contributed by atoms with Crippen LogP contribution >= 0.6 is 0 Å². The Morgan fingerprint density at radius 3 is 2.17 bits per heavy atom. The van der Waals surface area contributed by atoms with Crippen LogP contribution in [-0.4, -0.2) is 31.5 Å². The maximum Gasteiger partial charge on any atom is 0.258 e. The van der Waals surface area contributed by atoms with E-state index in [1.165, 1.54) is 0 Å². The molecule has 0 amide bonds. The van der Waals surface area contributed by atoms with Crippen LogP contribution in [0.5, 0.6) is 17.2 Å². The van der Waals surface area contributed by atoms with E-state index in [-0.39, 0.29) is 0 Å². The van der Waals surface area contributed by atoms with Crippen molar-refractivity contribution in [1.29, 1.82) is 0 Å². The molecule has 0 N–H and O–H groups in total. The van der Waals surface area contributed by atoms with Crippen molar-refractivity contribution in [3.8, 4) is 40.1 Å². The van der Waals surface area contributed by atoms with Crippen LogP contribution in [0.2, 0.25) is 0 Å². The molecule has 124 valence electrons. The highest BCUT2D eigenvalue weighted by Crippen LogP contribution is 2.40. The summed E-state index contributed by atoms with van der Waals surface area (Å²) in [7, 11) is 4.69. The summed E-state index contributed by atoms with van der Waals surface area (Å²) in [5.41, 5.74) is 2.72. The van der Waals surface area contributed by atoms with Gasteiger partial charge in [-0.1, -0.05) is 22.9 Å². The molecule has 0 bridgehead atoms. The predicted octanol–water partition coefficient (Wildman–Crippen LogP) is 3.74. The quantitative estimate of drug-likeness (QED) is 0.711. The second kappa shape index (κ2) is 6.62. The molecule has 6 heteroatoms. The SMILES string of the molecule is COc1cc(-c2noc(-c3cccc(C)c3)n2)cc(OC)c1OC. The zero-order valence-corrected chi connectivity index (χ0v) is 14.0. The van der Waals surface area contributed by atoms with Crippen LogP contribution in [0.3, 0.4) is 0 Å². The summed E-state index contributed by atoms with van der Waals surface area (Å²) in [6.07, 6.45) is 0. The van der Waals surface area contributed by atoms with Gasteiger partial charge in [0.05, 0.1) is 21.3 Å². The lowest BCUT2D eigenvalue weighted by Crippen LogP contribution is -1.96. The van der Waals surface area contributed by atoms with Gasteiger partial charge in [-0.3, -0.25) is 0 Å². The number of methoxy groups -OCH3 is 3. The fourth-order valence-corrected chi connectivity index (χ4v) is 2.45. The maximum absolute atomic E-state index is 5.39. The third-order valence-electron chi connectivity index (χ3n) is 3.61. The summed E-state index contributed by atoms with van der Waals surface area (Å²) in [6, 6.07) is 11.5. The molecule has 0 saturated heterocycles. The Balaban J connectivity index is 2.04. The Labute approximate surface area is 140 Å². The summed E-state index contributed by atoms with van der Waals surface area (Å²) >= 11 is 0. The Bertz CT molecular complexity index is 833. The van der Waals surface area contributed by atoms with Crippen LogP contribution in [0.15, 0.2) is 40.9 Å². The highest BCUT2D eigenvalue weighted by molar-refractivity contribution is 5.67. The van der Waals surface area contributed by atoms with Crippen LogP contribution < -0.4 is 14.2 Å². The van der Waals surface area contributed by atoms with Crippen molar-refractivity contribution in [2.45, 2.75) is 6.92 Å². The van der Waals surface area contributed by atoms with Crippen molar-refractivity contribution >= 4 is 0 Å². The number of rotatable bonds is 5. The second-order valence-corrected chi connectivity index (χ2v) is 5.21. The van der Waals surface area contributed by atoms with Gasteiger partial charge >= 0.3 is 0 Å². The smallest absolute Gasteiger partial charge is 0.258 e. The second-order valence-electron chi connectivity index (χ2n) is 5.21. The highest BCUT2D eigenvalue weighted by Gasteiger charge is 2.17. The van der Waals surface area contributed by atoms with E-state index < -0.39 is 0 Å². The van der Waals surface area contributed by atoms with Crippen molar-refractivity contribution in [2.75, 3.05) is 21.3 Å². The molecule has 2 aromatic carbocycles. The molecule has 6 nitrogen and oxygen atoms in total. The molecular weight excluding hydrogens is 308 g/mol. The van der Waals surface area contributed by atoms with Gasteiger partial charge in [0.15, 0.2) is 11.5 Å². The van der Waals surface area contributed by atoms with Crippen LogP contribution in [0.4, 0.5) is 0 Å². The molecule has 0 fully saturated rings. The molecule has 0 spiro atoms. The fraction of sp³-hybridized carbons (Fsp3) is 0.222. The van der Waals surface area contributed by atoms with E-state index in [1.54, 1.807) is 33.5 Å². The highest BCUT2D eigenvalue weighted by atomic mass is 16.5. The molecule has 0 saturated carbocycles. The van der Waals surface area contributed by atoms with Crippen LogP contribution in [0.1, 0.15) is 5.56 Å². The van der Waals surface area contributed by atoms with Gasteiger partial charge in [0.1, 0.15) is 0 Å². The van der Waals surface area contributed by atoms with Crippen molar-refractivity contribution in [3.05, 3.63) is 42.0 Å². The van der Waals surface area contributed by atoms with Gasteiger partial charge in [0.2, 0.25) is 11.6 Å². The summed E-state index contributed by atoms with van der Waals surface area (Å²) in [5, 5.41) is 4.06. The van der Waals surface area contributed by atoms with Crippen LogP contribution in [0.25, 0.3) is 22.8 Å². The maximum atomic E-state index is 5.39. The van der Waals surface area contributed by atoms with E-state index in [0.29, 0.717) is 34.5 Å². The van der Waals surface area contributed by atoms with E-state index in [4.69, 9.17) is 18.7 Å². The zero-order valence-electron chi connectivity index (χ0n) is 14.0. The number of nitrogens with zero attached hydrogens (tertiary/aromatic N) is 2. The molecule has 3 aromatic rings. The van der Waals surface area contributed by atoms with Crippen molar-refractivity contribution in [3.63, 3.8) is 0 Å². The lowest BCUT2D eigenvalue weighted by atomic mass is 10.1. The molecule has 1 heterocycles. The Morgan fingerprint density at radius 2 is 1.58 bits per heavy atom. The number of aryl methyl sites for hydroxylation is 1. The molecule has 0 aliphatic carbocycles. The van der Waals surface area contributed by atoms with E-state index in [2.05, 4.69) is 10.1 Å². The first-order valence-corrected chi connectivity index (χ1v) is 7.37. The summed E-state index contributed by atoms with van der Waals surface area (Å²) in [4.78, 5) is 4.47. The molecule has 0 aliphatic heterocycles. The van der Waals surface area contributed by atoms with Gasteiger partial charge in [0, 0.05) is 11.1 Å². The van der Waals surface area contributed by atoms with E-state index in [0.717, 1.165) is 11.1 Å². The fourth-order valence-electron chi connectivity index (χ4n) is 2.45. The van der Waals surface area contributed by atoms with Gasteiger partial charge in [-0.25, -0.2) is 0 Å². The van der Waals surface area contributed by atoms with Gasteiger partial charge in [-0.15, -0.1) is 0 Å². The Morgan fingerprint density at radius 1 is 0.875 bits per heavy atom. The minimum absolute atomic E-state index is 0.450. The summed E-state index contributed by atoms with van der Waals surface area (Å²) in [6.45, 7) is 2.01. The largest absolute Gasteiger partial charge is 0.493 e. The standard InChI is InChI=1S/C18H18N2O4/c1-11-6-5-7-12(8-11)18-19-17(20-24-18)13-9-14(21-2)16(23-4)15(10-13)22-3/h5-10H,1-4H3. The molecule has 0 unspecified atom stereocenters. The number of hydrogen-bond donors (Lipinski definition) is 0. The normalized spacial score (nSPS) is 10.5. The average molecular weight is 326 g/mol. The first-order valence-electron chi connectivity index (χ1n) is 7.37. The first kappa shape index (κ1) is 15.9. The predicted molar refractivity (Wildman–Crippen MR) is 89.6 cm³/mol. The summed E-state index contributed by atoms with van der Waals surface area (Å²) in [5.74, 6) is 2.50. The Kier molecular flexibility index (Phi) is 4.37. The molecule has 1 aromatic heterocycles. The van der Waals surface area contributed by atoms with Crippen molar-refractivity contribution in [1.82, 2.24) is 10.1 Å². The molecule has 0 atom stereocenters. The molecule has 0 aliphatic rings. The van der Waals surface area contributed by atoms with Crippen LogP contribution in [0, 0.1) is 6.92 Å². The summed E-state index contributed by atoms with van der Waals surface area (Å²) < 4.78 is 21.4. The first-order chi connectivity index (χ1) is 11.7. The van der Waals surface area contributed by atoms with Crippen molar-refractivity contribution in [2.24, 2.45) is 0 Å². The number of ether oxygens (including phenoxy) is 3. The topological polar surface area (TPSA) is 66.6 Å².